The van der Waals surface area contributed by atoms with Gasteiger partial charge in [0.2, 0.25) is 11.1 Å². The Morgan fingerprint density at radius 3 is 2.62 bits per heavy atom. The highest BCUT2D eigenvalue weighted by Crippen LogP contribution is 2.38. The molecule has 2 aliphatic rings. The van der Waals surface area contributed by atoms with Crippen molar-refractivity contribution in [3.05, 3.63) is 65.4 Å². The van der Waals surface area contributed by atoms with Crippen LogP contribution in [0.5, 0.6) is 11.5 Å². The Kier molecular flexibility index (Phi) is 7.63. The van der Waals surface area contributed by atoms with Gasteiger partial charge in [0.1, 0.15) is 17.5 Å². The molecule has 2 aromatic carbocycles. The van der Waals surface area contributed by atoms with Gasteiger partial charge in [-0.25, -0.2) is 4.68 Å². The highest BCUT2D eigenvalue weighted by atomic mass is 32.2. The maximum Gasteiger partial charge on any atom is 0.255 e. The van der Waals surface area contributed by atoms with Gasteiger partial charge in [-0.05, 0) is 48.9 Å². The van der Waals surface area contributed by atoms with E-state index in [1.54, 1.807) is 43.2 Å². The van der Waals surface area contributed by atoms with Crippen molar-refractivity contribution in [2.24, 2.45) is 0 Å². The fourth-order valence-electron chi connectivity index (χ4n) is 4.30. The molecule has 1 fully saturated rings. The third-order valence-electron chi connectivity index (χ3n) is 6.11. The number of amides is 1. The summed E-state index contributed by atoms with van der Waals surface area (Å²) >= 11 is 1.52. The third-order valence-corrected chi connectivity index (χ3v) is 6.98. The summed E-state index contributed by atoms with van der Waals surface area (Å²) in [5, 5.41) is 11.7. The molecule has 0 bridgehead atoms. The lowest BCUT2D eigenvalue weighted by atomic mass is 9.95. The Labute approximate surface area is 219 Å². The number of rotatable bonds is 9. The number of ether oxygens (including phenoxy) is 4. The second-order valence-corrected chi connectivity index (χ2v) is 9.56. The van der Waals surface area contributed by atoms with E-state index < -0.39 is 6.04 Å². The number of anilines is 2. The maximum absolute atomic E-state index is 13.6. The van der Waals surface area contributed by atoms with Crippen molar-refractivity contribution < 1.29 is 23.7 Å². The van der Waals surface area contributed by atoms with Crippen molar-refractivity contribution in [1.82, 2.24) is 14.8 Å². The van der Waals surface area contributed by atoms with E-state index in [4.69, 9.17) is 29.0 Å². The minimum Gasteiger partial charge on any atom is -0.497 e. The summed E-state index contributed by atoms with van der Waals surface area (Å²) in [4.78, 5) is 18.3. The topological polar surface area (TPSA) is 109 Å². The predicted molar refractivity (Wildman–Crippen MR) is 140 cm³/mol. The lowest BCUT2D eigenvalue weighted by Crippen LogP contribution is -2.31. The fourth-order valence-corrected chi connectivity index (χ4v) is 5.09. The molecule has 3 aromatic rings. The number of hydrogen-bond donors (Lipinski definition) is 2. The molecule has 3 heterocycles. The van der Waals surface area contributed by atoms with Gasteiger partial charge >= 0.3 is 0 Å². The molecule has 0 aliphatic carbocycles. The molecule has 0 spiro atoms. The Morgan fingerprint density at radius 2 is 1.89 bits per heavy atom. The molecule has 5 rings (SSSR count). The molecular formula is C26H29N5O5S. The molecule has 2 N–H and O–H groups in total. The molecule has 2 aliphatic heterocycles. The number of fused-ring (bicyclic) bond motifs is 1. The summed E-state index contributed by atoms with van der Waals surface area (Å²) < 4.78 is 23.5. The SMILES string of the molecule is COc1ccc(NC(=O)C2=C(C)Nc3nc(SCCC4OCCO4)nn3C2c2cccc(OC)c2)cc1. The van der Waals surface area contributed by atoms with Crippen molar-refractivity contribution in [2.75, 3.05) is 43.8 Å². The Bertz CT molecular complexity index is 1290. The number of aromatic nitrogens is 3. The first kappa shape index (κ1) is 25.1. The Balaban J connectivity index is 1.44. The van der Waals surface area contributed by atoms with Gasteiger partial charge in [-0.1, -0.05) is 23.9 Å². The van der Waals surface area contributed by atoms with Gasteiger partial charge in [0.25, 0.3) is 5.91 Å². The van der Waals surface area contributed by atoms with Gasteiger partial charge in [-0.2, -0.15) is 4.98 Å². The van der Waals surface area contributed by atoms with Crippen molar-refractivity contribution in [3.8, 4) is 11.5 Å². The largest absolute Gasteiger partial charge is 0.497 e. The van der Waals surface area contributed by atoms with Crippen LogP contribution in [0.25, 0.3) is 0 Å². The molecular weight excluding hydrogens is 494 g/mol. The first-order valence-corrected chi connectivity index (χ1v) is 12.9. The molecule has 1 amide bonds. The number of methoxy groups -OCH3 is 2. The van der Waals surface area contributed by atoms with Crippen molar-refractivity contribution in [2.45, 2.75) is 30.8 Å². The van der Waals surface area contributed by atoms with Gasteiger partial charge in [0.15, 0.2) is 6.29 Å². The monoisotopic (exact) mass is 523 g/mol. The van der Waals surface area contributed by atoms with Crippen LogP contribution in [0.2, 0.25) is 0 Å². The second-order valence-electron chi connectivity index (χ2n) is 8.50. The molecule has 1 saturated heterocycles. The molecule has 11 heteroatoms. The summed E-state index contributed by atoms with van der Waals surface area (Å²) in [6.45, 7) is 3.13. The average Bonchev–Trinajstić information content (AvgIpc) is 3.58. The number of benzene rings is 2. The average molecular weight is 524 g/mol. The molecule has 194 valence electrons. The van der Waals surface area contributed by atoms with E-state index >= 15 is 0 Å². The van der Waals surface area contributed by atoms with Crippen LogP contribution in [-0.4, -0.2) is 60.1 Å². The number of carbonyl (C=O) groups is 1. The Hall–Kier alpha value is -3.54. The first-order chi connectivity index (χ1) is 18.1. The van der Waals surface area contributed by atoms with Crippen LogP contribution in [-0.2, 0) is 14.3 Å². The van der Waals surface area contributed by atoms with Gasteiger partial charge < -0.3 is 29.6 Å². The van der Waals surface area contributed by atoms with Gasteiger partial charge in [-0.15, -0.1) is 5.10 Å². The van der Waals surface area contributed by atoms with Gasteiger partial charge in [-0.3, -0.25) is 4.79 Å². The Morgan fingerprint density at radius 1 is 1.14 bits per heavy atom. The molecule has 0 saturated carbocycles. The number of hydrogen-bond acceptors (Lipinski definition) is 9. The third kappa shape index (κ3) is 5.58. The predicted octanol–water partition coefficient (Wildman–Crippen LogP) is 4.08. The first-order valence-electron chi connectivity index (χ1n) is 12.0. The lowest BCUT2D eigenvalue weighted by Gasteiger charge is -2.28. The summed E-state index contributed by atoms with van der Waals surface area (Å²) in [5.74, 6) is 2.48. The highest BCUT2D eigenvalue weighted by molar-refractivity contribution is 7.99. The van der Waals surface area contributed by atoms with Crippen LogP contribution >= 0.6 is 11.8 Å². The van der Waals surface area contributed by atoms with Crippen molar-refractivity contribution >= 4 is 29.3 Å². The number of nitrogens with zero attached hydrogens (tertiary/aromatic N) is 3. The van der Waals surface area contributed by atoms with Crippen molar-refractivity contribution in [3.63, 3.8) is 0 Å². The van der Waals surface area contributed by atoms with E-state index in [2.05, 4.69) is 10.6 Å². The summed E-state index contributed by atoms with van der Waals surface area (Å²) in [7, 11) is 3.22. The molecule has 37 heavy (non-hydrogen) atoms. The summed E-state index contributed by atoms with van der Waals surface area (Å²) in [6.07, 6.45) is 0.568. The number of thioether (sulfide) groups is 1. The minimum atomic E-state index is -0.507. The van der Waals surface area contributed by atoms with E-state index in [1.807, 2.05) is 31.2 Å². The quantitative estimate of drug-likeness (QED) is 0.401. The van der Waals surface area contributed by atoms with Crippen LogP contribution in [0.3, 0.4) is 0 Å². The normalized spacial score (nSPS) is 17.3. The maximum atomic E-state index is 13.6. The lowest BCUT2D eigenvalue weighted by molar-refractivity contribution is -0.113. The van der Waals surface area contributed by atoms with Crippen LogP contribution in [0, 0.1) is 0 Å². The van der Waals surface area contributed by atoms with Crippen LogP contribution < -0.4 is 20.1 Å². The van der Waals surface area contributed by atoms with Crippen molar-refractivity contribution in [1.29, 1.82) is 0 Å². The number of nitrogens with one attached hydrogen (secondary N) is 2. The van der Waals surface area contributed by atoms with Crippen LogP contribution in [0.15, 0.2) is 65.0 Å². The zero-order chi connectivity index (χ0) is 25.8. The number of allylic oxidation sites excluding steroid dienone is 1. The molecule has 10 nitrogen and oxygen atoms in total. The minimum absolute atomic E-state index is 0.176. The smallest absolute Gasteiger partial charge is 0.255 e. The summed E-state index contributed by atoms with van der Waals surface area (Å²) in [5.41, 5.74) is 2.75. The van der Waals surface area contributed by atoms with E-state index in [9.17, 15) is 4.79 Å². The zero-order valence-electron chi connectivity index (χ0n) is 20.9. The highest BCUT2D eigenvalue weighted by Gasteiger charge is 2.34. The van der Waals surface area contributed by atoms with E-state index in [-0.39, 0.29) is 12.2 Å². The fraction of sp³-hybridized carbons (Fsp3) is 0.346. The molecule has 1 atom stereocenters. The molecule has 1 unspecified atom stereocenters. The van der Waals surface area contributed by atoms with Gasteiger partial charge in [0, 0.05) is 23.6 Å². The summed E-state index contributed by atoms with van der Waals surface area (Å²) in [6, 6.07) is 14.3. The zero-order valence-corrected chi connectivity index (χ0v) is 21.7. The standard InChI is InChI=1S/C26H29N5O5S/c1-16-22(24(32)28-18-7-9-19(33-2)10-8-18)23(17-5-4-6-20(15-17)34-3)31-25(27-16)29-26(30-31)37-14-11-21-35-12-13-36-21/h4-10,15,21,23H,11-14H2,1-3H3,(H,28,32)(H,27,29,30). The van der Waals surface area contributed by atoms with E-state index in [0.29, 0.717) is 52.8 Å². The van der Waals surface area contributed by atoms with Gasteiger partial charge in [0.05, 0.1) is 33.0 Å². The molecule has 0 radical (unpaired) electrons. The van der Waals surface area contributed by atoms with E-state index in [1.165, 1.54) is 11.8 Å². The number of carbonyl (C=O) groups excluding carboxylic acids is 1. The van der Waals surface area contributed by atoms with Crippen LogP contribution in [0.1, 0.15) is 24.9 Å². The molecule has 1 aromatic heterocycles. The van der Waals surface area contributed by atoms with E-state index in [0.717, 1.165) is 17.7 Å². The second kappa shape index (κ2) is 11.2. The van der Waals surface area contributed by atoms with Crippen LogP contribution in [0.4, 0.5) is 11.6 Å².